The minimum Gasteiger partial charge on any atom is -0.444 e. The molecular formula is C28H29ClFN5O3. The predicted molar refractivity (Wildman–Crippen MR) is 143 cm³/mol. The Morgan fingerprint density at radius 3 is 2.55 bits per heavy atom. The van der Waals surface area contributed by atoms with Crippen molar-refractivity contribution in [3.63, 3.8) is 0 Å². The average molecular weight is 538 g/mol. The molecule has 3 aromatic heterocycles. The van der Waals surface area contributed by atoms with Crippen molar-refractivity contribution in [1.29, 1.82) is 0 Å². The molecule has 0 aliphatic rings. The second kappa shape index (κ2) is 11.6. The van der Waals surface area contributed by atoms with Crippen molar-refractivity contribution in [3.05, 3.63) is 93.9 Å². The molecule has 0 saturated carbocycles. The number of benzene rings is 1. The first-order chi connectivity index (χ1) is 18.1. The van der Waals surface area contributed by atoms with Crippen LogP contribution >= 0.6 is 11.6 Å². The van der Waals surface area contributed by atoms with E-state index < -0.39 is 17.5 Å². The number of halogens is 2. The zero-order chi connectivity index (χ0) is 27.3. The topological polar surface area (TPSA) is 109 Å². The van der Waals surface area contributed by atoms with Crippen LogP contribution in [0.5, 0.6) is 0 Å². The third-order valence-corrected chi connectivity index (χ3v) is 6.01. The first-order valence-corrected chi connectivity index (χ1v) is 12.5. The second-order valence-corrected chi connectivity index (χ2v) is 10.3. The van der Waals surface area contributed by atoms with Crippen LogP contribution in [-0.4, -0.2) is 32.6 Å². The summed E-state index contributed by atoms with van der Waals surface area (Å²) >= 11 is 6.13. The average Bonchev–Trinajstić information content (AvgIpc) is 3.23. The van der Waals surface area contributed by atoms with Gasteiger partial charge in [-0.25, -0.2) is 9.18 Å². The van der Waals surface area contributed by atoms with E-state index in [0.29, 0.717) is 45.6 Å². The standard InChI is InChI=1S/C28H29ClFN5O3/c1-28(2,3)38-27(37)35-15-21-7-6-17(12-32-21)4-5-18-8-20(13-31-11-18)26(36)34-14-19-9-22-23(29)16-33-25(22)10-24(19)30/h6-13,16,33H,4-5,14-15H2,1-3H3,(H,34,36)(H,35,37). The molecular weight excluding hydrogens is 509 g/mol. The van der Waals surface area contributed by atoms with E-state index in [-0.39, 0.29) is 19.0 Å². The van der Waals surface area contributed by atoms with Crippen LogP contribution in [0, 0.1) is 5.82 Å². The van der Waals surface area contributed by atoms with Gasteiger partial charge in [-0.1, -0.05) is 17.7 Å². The van der Waals surface area contributed by atoms with Gasteiger partial charge < -0.3 is 20.4 Å². The monoisotopic (exact) mass is 537 g/mol. The number of H-pyrrole nitrogens is 1. The van der Waals surface area contributed by atoms with Gasteiger partial charge in [-0.3, -0.25) is 14.8 Å². The number of carbonyl (C=O) groups excluding carboxylic acids is 2. The Kier molecular flexibility index (Phi) is 8.26. The van der Waals surface area contributed by atoms with Gasteiger partial charge in [0, 0.05) is 47.8 Å². The van der Waals surface area contributed by atoms with E-state index in [1.165, 1.54) is 12.3 Å². The lowest BCUT2D eigenvalue weighted by atomic mass is 10.1. The fraction of sp³-hybridized carbons (Fsp3) is 0.286. The Hall–Kier alpha value is -3.98. The summed E-state index contributed by atoms with van der Waals surface area (Å²) in [6.45, 7) is 5.71. The molecule has 0 radical (unpaired) electrons. The largest absolute Gasteiger partial charge is 0.444 e. The Morgan fingerprint density at radius 2 is 1.82 bits per heavy atom. The lowest BCUT2D eigenvalue weighted by molar-refractivity contribution is 0.0522. The lowest BCUT2D eigenvalue weighted by Crippen LogP contribution is -2.32. The van der Waals surface area contributed by atoms with Crippen LogP contribution in [0.4, 0.5) is 9.18 Å². The Bertz CT molecular complexity index is 1450. The van der Waals surface area contributed by atoms with E-state index in [0.717, 1.165) is 11.1 Å². The van der Waals surface area contributed by atoms with Crippen LogP contribution in [-0.2, 0) is 30.7 Å². The zero-order valence-electron chi connectivity index (χ0n) is 21.4. The van der Waals surface area contributed by atoms with Gasteiger partial charge in [0.25, 0.3) is 5.91 Å². The fourth-order valence-electron chi connectivity index (χ4n) is 3.79. The molecule has 0 bridgehead atoms. The van der Waals surface area contributed by atoms with Gasteiger partial charge in [0.05, 0.1) is 22.8 Å². The van der Waals surface area contributed by atoms with Crippen LogP contribution in [0.25, 0.3) is 10.9 Å². The molecule has 3 heterocycles. The maximum Gasteiger partial charge on any atom is 0.407 e. The van der Waals surface area contributed by atoms with Crippen molar-refractivity contribution in [2.24, 2.45) is 0 Å². The van der Waals surface area contributed by atoms with Gasteiger partial charge in [-0.2, -0.15) is 0 Å². The van der Waals surface area contributed by atoms with Crippen LogP contribution in [0.2, 0.25) is 5.02 Å². The number of carbonyl (C=O) groups is 2. The first-order valence-electron chi connectivity index (χ1n) is 12.2. The Balaban J connectivity index is 1.29. The van der Waals surface area contributed by atoms with E-state index in [9.17, 15) is 14.0 Å². The summed E-state index contributed by atoms with van der Waals surface area (Å²) in [5.74, 6) is -0.772. The van der Waals surface area contributed by atoms with Gasteiger partial charge >= 0.3 is 6.09 Å². The summed E-state index contributed by atoms with van der Waals surface area (Å²) in [6.07, 6.45) is 7.42. The van der Waals surface area contributed by atoms with Crippen molar-refractivity contribution in [2.75, 3.05) is 0 Å². The quantitative estimate of drug-likeness (QED) is 0.275. The number of hydrogen-bond donors (Lipinski definition) is 3. The maximum absolute atomic E-state index is 14.4. The number of fused-ring (bicyclic) bond motifs is 1. The summed E-state index contributed by atoms with van der Waals surface area (Å²) < 4.78 is 19.6. The molecule has 8 nitrogen and oxygen atoms in total. The molecule has 2 amide bonds. The zero-order valence-corrected chi connectivity index (χ0v) is 22.2. The number of rotatable bonds is 8. The SMILES string of the molecule is CC(C)(C)OC(=O)NCc1ccc(CCc2cncc(C(=O)NCc3cc4c(Cl)c[nH]c4cc3F)c2)cn1. The highest BCUT2D eigenvalue weighted by Crippen LogP contribution is 2.25. The van der Waals surface area contributed by atoms with Crippen molar-refractivity contribution in [1.82, 2.24) is 25.6 Å². The van der Waals surface area contributed by atoms with Crippen molar-refractivity contribution in [2.45, 2.75) is 52.3 Å². The number of aryl methyl sites for hydroxylation is 2. The van der Waals surface area contributed by atoms with E-state index in [2.05, 4.69) is 25.6 Å². The molecule has 10 heteroatoms. The maximum atomic E-state index is 14.4. The number of pyridine rings is 2. The minimum atomic E-state index is -0.557. The number of ether oxygens (including phenoxy) is 1. The number of aromatic nitrogens is 3. The van der Waals surface area contributed by atoms with Gasteiger partial charge in [0.1, 0.15) is 11.4 Å². The van der Waals surface area contributed by atoms with Gasteiger partial charge in [0.15, 0.2) is 0 Å². The summed E-state index contributed by atoms with van der Waals surface area (Å²) in [7, 11) is 0. The van der Waals surface area contributed by atoms with Gasteiger partial charge in [-0.15, -0.1) is 0 Å². The lowest BCUT2D eigenvalue weighted by Gasteiger charge is -2.19. The molecule has 0 spiro atoms. The van der Waals surface area contributed by atoms with E-state index >= 15 is 0 Å². The highest BCUT2D eigenvalue weighted by molar-refractivity contribution is 6.35. The first kappa shape index (κ1) is 27.1. The van der Waals surface area contributed by atoms with Crippen LogP contribution in [0.1, 0.15) is 53.5 Å². The van der Waals surface area contributed by atoms with Gasteiger partial charge in [0.2, 0.25) is 0 Å². The number of hydrogen-bond acceptors (Lipinski definition) is 5. The molecule has 3 N–H and O–H groups in total. The highest BCUT2D eigenvalue weighted by Gasteiger charge is 2.16. The van der Waals surface area contributed by atoms with Crippen LogP contribution in [0.3, 0.4) is 0 Å². The fourth-order valence-corrected chi connectivity index (χ4v) is 4.00. The summed E-state index contributed by atoms with van der Waals surface area (Å²) in [5, 5.41) is 6.62. The molecule has 0 atom stereocenters. The molecule has 4 aromatic rings. The van der Waals surface area contributed by atoms with Gasteiger partial charge in [-0.05, 0) is 69.0 Å². The summed E-state index contributed by atoms with van der Waals surface area (Å²) in [6, 6.07) is 8.57. The number of nitrogens with one attached hydrogen (secondary N) is 3. The molecule has 1 aromatic carbocycles. The number of alkyl carbamates (subject to hydrolysis) is 1. The molecule has 0 aliphatic heterocycles. The molecule has 38 heavy (non-hydrogen) atoms. The molecule has 0 aliphatic carbocycles. The Morgan fingerprint density at radius 1 is 1.03 bits per heavy atom. The number of nitrogens with zero attached hydrogens (tertiary/aromatic N) is 2. The van der Waals surface area contributed by atoms with Crippen molar-refractivity contribution >= 4 is 34.5 Å². The smallest absolute Gasteiger partial charge is 0.407 e. The van der Waals surface area contributed by atoms with Crippen molar-refractivity contribution < 1.29 is 18.7 Å². The predicted octanol–water partition coefficient (Wildman–Crippen LogP) is 5.49. The minimum absolute atomic E-state index is 0.0210. The molecule has 0 saturated heterocycles. The van der Waals surface area contributed by atoms with Crippen LogP contribution < -0.4 is 10.6 Å². The summed E-state index contributed by atoms with van der Waals surface area (Å²) in [5.41, 5.74) is 3.39. The van der Waals surface area contributed by atoms with E-state index in [4.69, 9.17) is 16.3 Å². The third-order valence-electron chi connectivity index (χ3n) is 5.70. The van der Waals surface area contributed by atoms with Crippen LogP contribution in [0.15, 0.2) is 55.1 Å². The van der Waals surface area contributed by atoms with Crippen molar-refractivity contribution in [3.8, 4) is 0 Å². The normalized spacial score (nSPS) is 11.4. The van der Waals surface area contributed by atoms with E-state index in [1.54, 1.807) is 51.5 Å². The number of amides is 2. The molecule has 4 rings (SSSR count). The molecule has 198 valence electrons. The number of aromatic amines is 1. The second-order valence-electron chi connectivity index (χ2n) is 9.90. The van der Waals surface area contributed by atoms with E-state index in [1.807, 2.05) is 12.1 Å². The third kappa shape index (κ3) is 7.29. The molecule has 0 fully saturated rings. The molecule has 0 unspecified atom stereocenters. The highest BCUT2D eigenvalue weighted by atomic mass is 35.5. The summed E-state index contributed by atoms with van der Waals surface area (Å²) in [4.78, 5) is 36.0. The Labute approximate surface area is 225 Å².